The fourth-order valence-corrected chi connectivity index (χ4v) is 3.41. The van der Waals surface area contributed by atoms with Gasteiger partial charge in [-0.25, -0.2) is 0 Å². The lowest BCUT2D eigenvalue weighted by Gasteiger charge is -2.45. The SMILES string of the molecule is CCCC1(CNC2(CC)CCC2)CCNC1. The zero-order valence-electron chi connectivity index (χ0n) is 11.1. The molecular weight excluding hydrogens is 196 g/mol. The van der Waals surface area contributed by atoms with Crippen molar-refractivity contribution in [2.75, 3.05) is 19.6 Å². The van der Waals surface area contributed by atoms with Crippen LogP contribution in [0.4, 0.5) is 0 Å². The largest absolute Gasteiger partial charge is 0.316 e. The van der Waals surface area contributed by atoms with Gasteiger partial charge in [0.15, 0.2) is 0 Å². The normalized spacial score (nSPS) is 32.6. The van der Waals surface area contributed by atoms with E-state index >= 15 is 0 Å². The van der Waals surface area contributed by atoms with Crippen molar-refractivity contribution in [2.45, 2.75) is 64.3 Å². The van der Waals surface area contributed by atoms with Crippen LogP contribution in [0.15, 0.2) is 0 Å². The van der Waals surface area contributed by atoms with E-state index in [4.69, 9.17) is 0 Å². The molecule has 94 valence electrons. The second-order valence-electron chi connectivity index (χ2n) is 6.02. The van der Waals surface area contributed by atoms with Gasteiger partial charge in [-0.15, -0.1) is 0 Å². The molecule has 1 aliphatic heterocycles. The van der Waals surface area contributed by atoms with E-state index in [0.717, 1.165) is 0 Å². The molecule has 2 fully saturated rings. The van der Waals surface area contributed by atoms with E-state index in [-0.39, 0.29) is 0 Å². The van der Waals surface area contributed by atoms with Crippen LogP contribution in [0.1, 0.15) is 58.8 Å². The van der Waals surface area contributed by atoms with Gasteiger partial charge in [-0.2, -0.15) is 0 Å². The molecule has 1 saturated carbocycles. The number of hydrogen-bond donors (Lipinski definition) is 2. The highest BCUT2D eigenvalue weighted by Crippen LogP contribution is 2.37. The van der Waals surface area contributed by atoms with Crippen molar-refractivity contribution in [1.82, 2.24) is 10.6 Å². The van der Waals surface area contributed by atoms with E-state index in [1.54, 1.807) is 0 Å². The van der Waals surface area contributed by atoms with Crippen molar-refractivity contribution >= 4 is 0 Å². The van der Waals surface area contributed by atoms with E-state index < -0.39 is 0 Å². The Labute approximate surface area is 101 Å². The summed E-state index contributed by atoms with van der Waals surface area (Å²) in [6.07, 6.45) is 9.61. The van der Waals surface area contributed by atoms with Crippen LogP contribution in [0.2, 0.25) is 0 Å². The van der Waals surface area contributed by atoms with Gasteiger partial charge < -0.3 is 10.6 Å². The highest BCUT2D eigenvalue weighted by molar-refractivity contribution is 4.98. The van der Waals surface area contributed by atoms with Crippen molar-refractivity contribution in [1.29, 1.82) is 0 Å². The molecule has 0 aromatic rings. The minimum Gasteiger partial charge on any atom is -0.316 e. The molecule has 0 amide bonds. The summed E-state index contributed by atoms with van der Waals surface area (Å²) < 4.78 is 0. The van der Waals surface area contributed by atoms with Crippen LogP contribution in [-0.4, -0.2) is 25.2 Å². The lowest BCUT2D eigenvalue weighted by atomic mass is 9.73. The molecule has 2 N–H and O–H groups in total. The smallest absolute Gasteiger partial charge is 0.0179 e. The van der Waals surface area contributed by atoms with Crippen LogP contribution < -0.4 is 10.6 Å². The Bertz CT molecular complexity index is 209. The van der Waals surface area contributed by atoms with Gasteiger partial charge in [-0.3, -0.25) is 0 Å². The molecule has 1 saturated heterocycles. The summed E-state index contributed by atoms with van der Waals surface area (Å²) in [5.41, 5.74) is 1.08. The molecule has 2 aliphatic rings. The molecule has 0 radical (unpaired) electrons. The number of hydrogen-bond acceptors (Lipinski definition) is 2. The Morgan fingerprint density at radius 3 is 2.44 bits per heavy atom. The van der Waals surface area contributed by atoms with E-state index in [1.165, 1.54) is 64.6 Å². The summed E-state index contributed by atoms with van der Waals surface area (Å²) in [6, 6.07) is 0. The summed E-state index contributed by atoms with van der Waals surface area (Å²) in [7, 11) is 0. The summed E-state index contributed by atoms with van der Waals surface area (Å²) in [6.45, 7) is 8.35. The Hall–Kier alpha value is -0.0800. The molecule has 0 spiro atoms. The fraction of sp³-hybridized carbons (Fsp3) is 1.00. The Morgan fingerprint density at radius 2 is 2.00 bits per heavy atom. The third-order valence-corrected chi connectivity index (χ3v) is 4.94. The third kappa shape index (κ3) is 2.43. The maximum absolute atomic E-state index is 3.91. The molecule has 0 bridgehead atoms. The van der Waals surface area contributed by atoms with Crippen LogP contribution >= 0.6 is 0 Å². The lowest BCUT2D eigenvalue weighted by Crippen LogP contribution is -2.54. The molecule has 2 nitrogen and oxygen atoms in total. The molecular formula is C14H28N2. The predicted molar refractivity (Wildman–Crippen MR) is 69.7 cm³/mol. The molecule has 16 heavy (non-hydrogen) atoms. The van der Waals surface area contributed by atoms with Crippen molar-refractivity contribution in [3.8, 4) is 0 Å². The molecule has 2 heteroatoms. The molecule has 1 heterocycles. The first-order valence-electron chi connectivity index (χ1n) is 7.20. The summed E-state index contributed by atoms with van der Waals surface area (Å²) in [5.74, 6) is 0. The maximum atomic E-state index is 3.91. The van der Waals surface area contributed by atoms with Gasteiger partial charge in [0.05, 0.1) is 0 Å². The fourth-order valence-electron chi connectivity index (χ4n) is 3.41. The van der Waals surface area contributed by atoms with Gasteiger partial charge in [0.1, 0.15) is 0 Å². The highest BCUT2D eigenvalue weighted by Gasteiger charge is 2.39. The van der Waals surface area contributed by atoms with E-state index in [1.807, 2.05) is 0 Å². The van der Waals surface area contributed by atoms with Gasteiger partial charge in [0, 0.05) is 18.6 Å². The van der Waals surface area contributed by atoms with Crippen LogP contribution in [0.25, 0.3) is 0 Å². The van der Waals surface area contributed by atoms with Gasteiger partial charge in [0.25, 0.3) is 0 Å². The summed E-state index contributed by atoms with van der Waals surface area (Å²) >= 11 is 0. The van der Waals surface area contributed by atoms with Gasteiger partial charge >= 0.3 is 0 Å². The van der Waals surface area contributed by atoms with Gasteiger partial charge in [-0.05, 0) is 50.5 Å². The topological polar surface area (TPSA) is 24.1 Å². The average Bonchev–Trinajstić information content (AvgIpc) is 2.67. The monoisotopic (exact) mass is 224 g/mol. The van der Waals surface area contributed by atoms with Gasteiger partial charge in [0.2, 0.25) is 0 Å². The highest BCUT2D eigenvalue weighted by atomic mass is 15.0. The third-order valence-electron chi connectivity index (χ3n) is 4.94. The molecule has 0 aromatic heterocycles. The van der Waals surface area contributed by atoms with Crippen molar-refractivity contribution < 1.29 is 0 Å². The number of nitrogens with one attached hydrogen (secondary N) is 2. The van der Waals surface area contributed by atoms with Crippen LogP contribution in [0.3, 0.4) is 0 Å². The number of rotatable bonds is 6. The zero-order chi connectivity index (χ0) is 11.5. The van der Waals surface area contributed by atoms with Gasteiger partial charge in [-0.1, -0.05) is 20.3 Å². The molecule has 1 atom stereocenters. The maximum Gasteiger partial charge on any atom is 0.0179 e. The first-order chi connectivity index (χ1) is 7.74. The van der Waals surface area contributed by atoms with Crippen LogP contribution in [0, 0.1) is 5.41 Å². The molecule has 2 rings (SSSR count). The Kier molecular flexibility index (Phi) is 3.91. The van der Waals surface area contributed by atoms with Crippen LogP contribution in [-0.2, 0) is 0 Å². The van der Waals surface area contributed by atoms with E-state index in [9.17, 15) is 0 Å². The Morgan fingerprint density at radius 1 is 1.19 bits per heavy atom. The van der Waals surface area contributed by atoms with Crippen molar-refractivity contribution in [3.05, 3.63) is 0 Å². The quantitative estimate of drug-likeness (QED) is 0.725. The second kappa shape index (κ2) is 5.05. The second-order valence-corrected chi connectivity index (χ2v) is 6.02. The van der Waals surface area contributed by atoms with Crippen LogP contribution in [0.5, 0.6) is 0 Å². The standard InChI is InChI=1S/C14H28N2/c1-3-6-13(9-10-15-11-13)12-16-14(4-2)7-5-8-14/h15-16H,3-12H2,1-2H3. The van der Waals surface area contributed by atoms with Crippen molar-refractivity contribution in [2.24, 2.45) is 5.41 Å². The minimum atomic E-state index is 0.517. The van der Waals surface area contributed by atoms with E-state index in [0.29, 0.717) is 11.0 Å². The first kappa shape index (κ1) is 12.4. The van der Waals surface area contributed by atoms with E-state index in [2.05, 4.69) is 24.5 Å². The summed E-state index contributed by atoms with van der Waals surface area (Å²) in [4.78, 5) is 0. The average molecular weight is 224 g/mol. The Balaban J connectivity index is 1.86. The lowest BCUT2D eigenvalue weighted by molar-refractivity contribution is 0.142. The summed E-state index contributed by atoms with van der Waals surface area (Å²) in [5, 5.41) is 7.46. The van der Waals surface area contributed by atoms with Crippen molar-refractivity contribution in [3.63, 3.8) is 0 Å². The molecule has 0 aromatic carbocycles. The molecule has 1 unspecified atom stereocenters. The molecule has 1 aliphatic carbocycles. The zero-order valence-corrected chi connectivity index (χ0v) is 11.1. The first-order valence-corrected chi connectivity index (χ1v) is 7.20. The predicted octanol–water partition coefficient (Wildman–Crippen LogP) is 2.69. The minimum absolute atomic E-state index is 0.517.